The molecular formula is C29H26Cl2N6O3. The Morgan fingerprint density at radius 2 is 1.90 bits per heavy atom. The minimum absolute atomic E-state index is 0.0307. The number of rotatable bonds is 8. The van der Waals surface area contributed by atoms with Crippen molar-refractivity contribution in [2.24, 2.45) is 11.6 Å². The lowest BCUT2D eigenvalue weighted by Gasteiger charge is -2.22. The van der Waals surface area contributed by atoms with Crippen molar-refractivity contribution in [3.8, 4) is 17.0 Å². The van der Waals surface area contributed by atoms with Crippen LogP contribution >= 0.6 is 23.2 Å². The number of benzene rings is 3. The fourth-order valence-electron chi connectivity index (χ4n) is 4.64. The first-order valence-corrected chi connectivity index (χ1v) is 13.2. The molecule has 2 unspecified atom stereocenters. The first kappa shape index (κ1) is 27.3. The van der Waals surface area contributed by atoms with Gasteiger partial charge in [0.15, 0.2) is 0 Å². The molecule has 9 nitrogen and oxygen atoms in total. The molecule has 2 atom stereocenters. The van der Waals surface area contributed by atoms with Crippen molar-refractivity contribution in [3.63, 3.8) is 0 Å². The summed E-state index contributed by atoms with van der Waals surface area (Å²) in [6.45, 7) is 0.309. The summed E-state index contributed by atoms with van der Waals surface area (Å²) in [6.07, 6.45) is 2.96. The van der Waals surface area contributed by atoms with E-state index in [0.717, 1.165) is 16.9 Å². The van der Waals surface area contributed by atoms with Gasteiger partial charge in [0, 0.05) is 28.6 Å². The van der Waals surface area contributed by atoms with Gasteiger partial charge >= 0.3 is 0 Å². The molecule has 1 aliphatic heterocycles. The molecule has 1 aliphatic rings. The number of nitrogens with one attached hydrogen (secondary N) is 1. The van der Waals surface area contributed by atoms with Crippen molar-refractivity contribution in [3.05, 3.63) is 123 Å². The second-order valence-electron chi connectivity index (χ2n) is 9.22. The summed E-state index contributed by atoms with van der Waals surface area (Å²) < 4.78 is 7.06. The zero-order chi connectivity index (χ0) is 28.2. The normalized spacial score (nSPS) is 15.2. The second kappa shape index (κ2) is 11.8. The third-order valence-electron chi connectivity index (χ3n) is 6.54. The van der Waals surface area contributed by atoms with Crippen LogP contribution in [0.5, 0.6) is 5.75 Å². The van der Waals surface area contributed by atoms with Gasteiger partial charge in [-0.2, -0.15) is 0 Å². The molecule has 4 aromatic rings. The van der Waals surface area contributed by atoms with Crippen LogP contribution in [0.15, 0.2) is 101 Å². The van der Waals surface area contributed by atoms with Crippen molar-refractivity contribution in [1.29, 1.82) is 0 Å². The van der Waals surface area contributed by atoms with E-state index >= 15 is 0 Å². The van der Waals surface area contributed by atoms with Crippen molar-refractivity contribution in [1.82, 2.24) is 14.9 Å². The van der Waals surface area contributed by atoms with Crippen LogP contribution in [0.4, 0.5) is 5.69 Å². The van der Waals surface area contributed by atoms with E-state index in [9.17, 15) is 9.59 Å². The molecule has 0 radical (unpaired) electrons. The summed E-state index contributed by atoms with van der Waals surface area (Å²) in [5.74, 6) is 6.51. The van der Waals surface area contributed by atoms with Gasteiger partial charge in [-0.1, -0.05) is 71.7 Å². The Balaban J connectivity index is 1.50. The Labute approximate surface area is 240 Å². The number of halogens is 2. The van der Waals surface area contributed by atoms with Gasteiger partial charge in [-0.25, -0.2) is 10.8 Å². The number of ether oxygens (including phenoxy) is 1. The Kier molecular flexibility index (Phi) is 8.06. The van der Waals surface area contributed by atoms with E-state index in [-0.39, 0.29) is 23.5 Å². The van der Waals surface area contributed by atoms with E-state index in [1.807, 2.05) is 54.6 Å². The lowest BCUT2D eigenvalue weighted by molar-refractivity contribution is -0.125. The van der Waals surface area contributed by atoms with Crippen LogP contribution in [0, 0.1) is 0 Å². The van der Waals surface area contributed by atoms with Crippen LogP contribution in [0.1, 0.15) is 23.2 Å². The summed E-state index contributed by atoms with van der Waals surface area (Å²) in [5.41, 5.74) is 8.19. The van der Waals surface area contributed by atoms with Crippen LogP contribution in [-0.2, 0) is 11.2 Å². The van der Waals surface area contributed by atoms with Gasteiger partial charge in [-0.15, -0.1) is 0 Å². The molecule has 5 rings (SSSR count). The highest BCUT2D eigenvalue weighted by Crippen LogP contribution is 2.33. The lowest BCUT2D eigenvalue weighted by Crippen LogP contribution is -2.40. The maximum atomic E-state index is 13.7. The lowest BCUT2D eigenvalue weighted by atomic mass is 10.0. The third-order valence-corrected chi connectivity index (χ3v) is 6.87. The first-order valence-electron chi connectivity index (χ1n) is 12.4. The first-order chi connectivity index (χ1) is 19.3. The average molecular weight is 577 g/mol. The molecule has 0 saturated carbocycles. The Morgan fingerprint density at radius 1 is 1.15 bits per heavy atom. The SMILES string of the molecule is N/C(Cl)=C\N(N)c1ccc(Cl)cc1-c1cc(=O)n(C(Cc2ccccc2)C(=O)NC2COc3ccccc32)cn1. The van der Waals surface area contributed by atoms with Crippen LogP contribution in [0.3, 0.4) is 0 Å². The molecule has 0 fully saturated rings. The summed E-state index contributed by atoms with van der Waals surface area (Å²) >= 11 is 12.0. The number of fused-ring (bicyclic) bond motifs is 1. The molecule has 204 valence electrons. The Morgan fingerprint density at radius 3 is 2.65 bits per heavy atom. The van der Waals surface area contributed by atoms with Gasteiger partial charge in [0.05, 0.1) is 30.0 Å². The molecule has 5 N–H and O–H groups in total. The quantitative estimate of drug-likeness (QED) is 0.162. The minimum atomic E-state index is -0.868. The number of hydrogen-bond acceptors (Lipinski definition) is 7. The molecule has 40 heavy (non-hydrogen) atoms. The van der Waals surface area contributed by atoms with Crippen LogP contribution in [0.2, 0.25) is 5.02 Å². The molecule has 0 bridgehead atoms. The summed E-state index contributed by atoms with van der Waals surface area (Å²) in [4.78, 5) is 31.7. The number of nitrogens with two attached hydrogens (primary N) is 2. The zero-order valence-corrected chi connectivity index (χ0v) is 22.7. The number of nitrogens with zero attached hydrogens (tertiary/aromatic N) is 3. The maximum absolute atomic E-state index is 13.7. The largest absolute Gasteiger partial charge is 0.491 e. The monoisotopic (exact) mass is 576 g/mol. The molecule has 3 aromatic carbocycles. The molecule has 0 aliphatic carbocycles. The van der Waals surface area contributed by atoms with E-state index in [4.69, 9.17) is 39.5 Å². The summed E-state index contributed by atoms with van der Waals surface area (Å²) in [7, 11) is 0. The molecular weight excluding hydrogens is 551 g/mol. The topological polar surface area (TPSA) is 128 Å². The molecule has 1 amide bonds. The van der Waals surface area contributed by atoms with Gasteiger partial charge < -0.3 is 15.8 Å². The van der Waals surface area contributed by atoms with Gasteiger partial charge in [0.25, 0.3) is 5.56 Å². The highest BCUT2D eigenvalue weighted by atomic mass is 35.5. The number of hydrazine groups is 1. The van der Waals surface area contributed by atoms with Crippen molar-refractivity contribution in [2.45, 2.75) is 18.5 Å². The average Bonchev–Trinajstić information content (AvgIpc) is 3.34. The number of carbonyl (C=O) groups excluding carboxylic acids is 1. The number of aromatic nitrogens is 2. The number of para-hydroxylation sites is 1. The van der Waals surface area contributed by atoms with E-state index in [1.54, 1.807) is 18.2 Å². The van der Waals surface area contributed by atoms with Crippen LogP contribution < -0.4 is 32.2 Å². The van der Waals surface area contributed by atoms with Crippen LogP contribution in [-0.4, -0.2) is 22.1 Å². The van der Waals surface area contributed by atoms with E-state index in [2.05, 4.69) is 10.3 Å². The standard InChI is InChI=1S/C29H26Cl2N6O3/c30-19-10-11-24(37(33)15-27(31)32)21(13-19)22-14-28(38)36(17-34-22)25(12-18-6-2-1-3-7-18)29(39)35-23-16-40-26-9-5-4-8-20(23)26/h1-11,13-15,17,23,25H,12,16,32-33H2,(H,35,39)/b27-15-. The van der Waals surface area contributed by atoms with E-state index in [0.29, 0.717) is 28.6 Å². The second-order valence-corrected chi connectivity index (χ2v) is 10.1. The van der Waals surface area contributed by atoms with E-state index in [1.165, 1.54) is 28.2 Å². The molecule has 0 saturated heterocycles. The van der Waals surface area contributed by atoms with Gasteiger partial charge in [-0.3, -0.25) is 19.2 Å². The highest BCUT2D eigenvalue weighted by Gasteiger charge is 2.30. The van der Waals surface area contributed by atoms with Gasteiger partial charge in [-0.05, 0) is 29.8 Å². The van der Waals surface area contributed by atoms with Gasteiger partial charge in [0.1, 0.15) is 23.6 Å². The molecule has 0 spiro atoms. The van der Waals surface area contributed by atoms with Gasteiger partial charge in [0.2, 0.25) is 5.91 Å². The number of amides is 1. The highest BCUT2D eigenvalue weighted by molar-refractivity contribution is 6.31. The van der Waals surface area contributed by atoms with Crippen molar-refractivity contribution in [2.75, 3.05) is 11.6 Å². The summed E-state index contributed by atoms with van der Waals surface area (Å²) in [5, 5.41) is 4.66. The fraction of sp³-hybridized carbons (Fsp3) is 0.138. The number of hydrogen-bond donors (Lipinski definition) is 3. The molecule has 1 aromatic heterocycles. The predicted octanol–water partition coefficient (Wildman–Crippen LogP) is 4.27. The molecule has 2 heterocycles. The fourth-order valence-corrected chi connectivity index (χ4v) is 4.91. The Bertz CT molecular complexity index is 1620. The predicted molar refractivity (Wildman–Crippen MR) is 156 cm³/mol. The van der Waals surface area contributed by atoms with E-state index < -0.39 is 11.6 Å². The summed E-state index contributed by atoms with van der Waals surface area (Å²) in [6, 6.07) is 22.1. The number of carbonyl (C=O) groups is 1. The van der Waals surface area contributed by atoms with Crippen LogP contribution in [0.25, 0.3) is 11.3 Å². The smallest absolute Gasteiger partial charge is 0.254 e. The third kappa shape index (κ3) is 5.96. The number of anilines is 1. The van der Waals surface area contributed by atoms with Crippen molar-refractivity contribution < 1.29 is 9.53 Å². The minimum Gasteiger partial charge on any atom is -0.491 e. The van der Waals surface area contributed by atoms with Crippen molar-refractivity contribution >= 4 is 34.8 Å². The zero-order valence-electron chi connectivity index (χ0n) is 21.2. The maximum Gasteiger partial charge on any atom is 0.254 e. The Hall–Kier alpha value is -4.31. The molecule has 11 heteroatoms.